The number of hydrogen-bond acceptors (Lipinski definition) is 5. The first kappa shape index (κ1) is 18.4. The summed E-state index contributed by atoms with van der Waals surface area (Å²) < 4.78 is 26.4. The first-order valence-corrected chi connectivity index (χ1v) is 11.8. The van der Waals surface area contributed by atoms with Gasteiger partial charge in [-0.25, -0.2) is 8.42 Å². The fourth-order valence-corrected chi connectivity index (χ4v) is 5.78. The molecule has 27 heavy (non-hydrogen) atoms. The van der Waals surface area contributed by atoms with Crippen LogP contribution in [0.4, 0.5) is 5.69 Å². The van der Waals surface area contributed by atoms with E-state index in [0.29, 0.717) is 12.1 Å². The molecule has 0 aliphatic carbocycles. The summed E-state index contributed by atoms with van der Waals surface area (Å²) in [5, 5.41) is 9.24. The zero-order valence-electron chi connectivity index (χ0n) is 14.1. The lowest BCUT2D eigenvalue weighted by molar-refractivity contribution is 0.102. The molecule has 1 aliphatic rings. The minimum absolute atomic E-state index is 0.0564. The van der Waals surface area contributed by atoms with Crippen molar-refractivity contribution >= 4 is 48.7 Å². The van der Waals surface area contributed by atoms with Crippen molar-refractivity contribution in [2.24, 2.45) is 0 Å². The minimum Gasteiger partial charge on any atom is -0.321 e. The van der Waals surface area contributed by atoms with E-state index < -0.39 is 9.84 Å². The second-order valence-electron chi connectivity index (χ2n) is 6.35. The molecule has 9 heteroatoms. The number of amides is 1. The molecule has 1 saturated heterocycles. The number of halogens is 1. The maximum atomic E-state index is 12.7. The van der Waals surface area contributed by atoms with Crippen LogP contribution in [0.5, 0.6) is 0 Å². The van der Waals surface area contributed by atoms with E-state index in [1.54, 1.807) is 22.9 Å². The molecular weight excluding hydrogens is 450 g/mol. The Kier molecular flexibility index (Phi) is 4.92. The molecule has 0 radical (unpaired) electrons. The van der Waals surface area contributed by atoms with Crippen LogP contribution in [0.25, 0.3) is 10.6 Å². The highest BCUT2D eigenvalue weighted by Crippen LogP contribution is 2.32. The van der Waals surface area contributed by atoms with Gasteiger partial charge in [0.05, 0.1) is 28.1 Å². The van der Waals surface area contributed by atoms with Crippen LogP contribution in [0.1, 0.15) is 23.0 Å². The summed E-state index contributed by atoms with van der Waals surface area (Å²) >= 11 is 4.89. The lowest BCUT2D eigenvalue weighted by Gasteiger charge is -2.12. The van der Waals surface area contributed by atoms with E-state index in [1.165, 1.54) is 11.3 Å². The van der Waals surface area contributed by atoms with Crippen molar-refractivity contribution in [1.29, 1.82) is 0 Å². The predicted molar refractivity (Wildman–Crippen MR) is 110 cm³/mol. The second kappa shape index (κ2) is 7.21. The summed E-state index contributed by atoms with van der Waals surface area (Å²) in [6.45, 7) is 0. The van der Waals surface area contributed by atoms with Crippen LogP contribution >= 0.6 is 27.3 Å². The number of benzene rings is 1. The molecule has 3 aromatic rings. The lowest BCUT2D eigenvalue weighted by Crippen LogP contribution is -2.16. The molecule has 6 nitrogen and oxygen atoms in total. The minimum atomic E-state index is -3.06. The van der Waals surface area contributed by atoms with E-state index >= 15 is 0 Å². The van der Waals surface area contributed by atoms with Gasteiger partial charge in [0.1, 0.15) is 0 Å². The van der Waals surface area contributed by atoms with E-state index in [-0.39, 0.29) is 29.1 Å². The van der Waals surface area contributed by atoms with Gasteiger partial charge in [-0.05, 0) is 48.2 Å². The average Bonchev–Trinajstić information content (AvgIpc) is 3.35. The maximum Gasteiger partial charge on any atom is 0.276 e. The first-order valence-electron chi connectivity index (χ1n) is 8.32. The highest BCUT2D eigenvalue weighted by Gasteiger charge is 2.32. The number of nitrogens with zero attached hydrogens (tertiary/aromatic N) is 2. The largest absolute Gasteiger partial charge is 0.321 e. The predicted octanol–water partition coefficient (Wildman–Crippen LogP) is 3.99. The number of rotatable bonds is 4. The summed E-state index contributed by atoms with van der Waals surface area (Å²) in [5.41, 5.74) is 1.71. The Labute approximate surface area is 169 Å². The van der Waals surface area contributed by atoms with Gasteiger partial charge >= 0.3 is 0 Å². The van der Waals surface area contributed by atoms with E-state index in [9.17, 15) is 13.2 Å². The molecule has 1 aliphatic heterocycles. The normalized spacial score (nSPS) is 18.5. The second-order valence-corrected chi connectivity index (χ2v) is 10.4. The average molecular weight is 466 g/mol. The Balaban J connectivity index is 1.66. The van der Waals surface area contributed by atoms with Crippen LogP contribution in [-0.2, 0) is 9.84 Å². The number of thiophene rings is 1. The topological polar surface area (TPSA) is 81.1 Å². The molecule has 0 saturated carbocycles. The Morgan fingerprint density at radius 2 is 2.04 bits per heavy atom. The Morgan fingerprint density at radius 1 is 1.26 bits per heavy atom. The lowest BCUT2D eigenvalue weighted by atomic mass is 10.2. The molecule has 4 rings (SSSR count). The van der Waals surface area contributed by atoms with Gasteiger partial charge < -0.3 is 5.32 Å². The highest BCUT2D eigenvalue weighted by atomic mass is 79.9. The summed E-state index contributed by atoms with van der Waals surface area (Å²) in [5.74, 6) is -0.113. The van der Waals surface area contributed by atoms with Crippen LogP contribution in [0.15, 0.2) is 52.3 Å². The molecule has 1 fully saturated rings. The molecule has 1 N–H and O–H groups in total. The van der Waals surface area contributed by atoms with Gasteiger partial charge in [0.2, 0.25) is 0 Å². The van der Waals surface area contributed by atoms with E-state index in [2.05, 4.69) is 26.3 Å². The molecular formula is C18H16BrN3O3S2. The van der Waals surface area contributed by atoms with Gasteiger partial charge in [0.25, 0.3) is 5.91 Å². The number of nitrogens with one attached hydrogen (secondary N) is 1. The van der Waals surface area contributed by atoms with Gasteiger partial charge in [0, 0.05) is 10.2 Å². The van der Waals surface area contributed by atoms with Crippen molar-refractivity contribution in [1.82, 2.24) is 9.78 Å². The smallest absolute Gasteiger partial charge is 0.276 e. The molecule has 1 aromatic carbocycles. The van der Waals surface area contributed by atoms with Crippen molar-refractivity contribution in [2.45, 2.75) is 12.5 Å². The molecule has 0 unspecified atom stereocenters. The van der Waals surface area contributed by atoms with Gasteiger partial charge in [-0.3, -0.25) is 9.48 Å². The summed E-state index contributed by atoms with van der Waals surface area (Å²) in [6.07, 6.45) is 0.510. The molecule has 140 valence electrons. The van der Waals surface area contributed by atoms with E-state index in [1.807, 2.05) is 29.6 Å². The molecule has 2 aromatic heterocycles. The molecule has 1 atom stereocenters. The van der Waals surface area contributed by atoms with Gasteiger partial charge in [-0.2, -0.15) is 5.10 Å². The standard InChI is InChI=1S/C18H16BrN3O3S2/c19-12-3-5-13(6-4-12)20-18(23)15-10-16(17-2-1-8-26-17)22(21-15)14-7-9-27(24,25)11-14/h1-6,8,10,14H,7,9,11H2,(H,20,23)/t14-/m1/s1. The van der Waals surface area contributed by atoms with Crippen LogP contribution in [0.3, 0.4) is 0 Å². The Hall–Kier alpha value is -1.97. The number of sulfone groups is 1. The number of carbonyl (C=O) groups excluding carboxylic acids is 1. The van der Waals surface area contributed by atoms with Crippen LogP contribution in [0.2, 0.25) is 0 Å². The number of aromatic nitrogens is 2. The molecule has 1 amide bonds. The van der Waals surface area contributed by atoms with Gasteiger partial charge in [0.15, 0.2) is 15.5 Å². The van der Waals surface area contributed by atoms with Crippen molar-refractivity contribution in [3.8, 4) is 10.6 Å². The summed E-state index contributed by atoms with van der Waals surface area (Å²) in [7, 11) is -3.06. The van der Waals surface area contributed by atoms with Gasteiger partial charge in [-0.1, -0.05) is 22.0 Å². The van der Waals surface area contributed by atoms with E-state index in [0.717, 1.165) is 15.0 Å². The van der Waals surface area contributed by atoms with Crippen molar-refractivity contribution in [2.75, 3.05) is 16.8 Å². The summed E-state index contributed by atoms with van der Waals surface area (Å²) in [4.78, 5) is 13.6. The quantitative estimate of drug-likeness (QED) is 0.631. The number of hydrogen-bond donors (Lipinski definition) is 1. The third kappa shape index (κ3) is 3.99. The SMILES string of the molecule is O=C(Nc1ccc(Br)cc1)c1cc(-c2cccs2)n([C@@H]2CCS(=O)(=O)C2)n1. The molecule has 3 heterocycles. The molecule has 0 bridgehead atoms. The number of anilines is 1. The molecule has 0 spiro atoms. The maximum absolute atomic E-state index is 12.7. The third-order valence-corrected chi connectivity index (χ3v) is 7.57. The van der Waals surface area contributed by atoms with Crippen molar-refractivity contribution < 1.29 is 13.2 Å². The third-order valence-electron chi connectivity index (χ3n) is 4.40. The zero-order valence-corrected chi connectivity index (χ0v) is 17.4. The first-order chi connectivity index (χ1) is 12.9. The van der Waals surface area contributed by atoms with Gasteiger partial charge in [-0.15, -0.1) is 11.3 Å². The highest BCUT2D eigenvalue weighted by molar-refractivity contribution is 9.10. The Bertz CT molecular complexity index is 1070. The van der Waals surface area contributed by atoms with Crippen LogP contribution in [0, 0.1) is 0 Å². The monoisotopic (exact) mass is 465 g/mol. The fraction of sp³-hybridized carbons (Fsp3) is 0.222. The fourth-order valence-electron chi connectivity index (χ4n) is 3.09. The summed E-state index contributed by atoms with van der Waals surface area (Å²) in [6, 6.07) is 12.6. The zero-order chi connectivity index (χ0) is 19.0. The van der Waals surface area contributed by atoms with Crippen molar-refractivity contribution in [3.63, 3.8) is 0 Å². The van der Waals surface area contributed by atoms with E-state index in [4.69, 9.17) is 0 Å². The Morgan fingerprint density at radius 3 is 2.67 bits per heavy atom. The van der Waals surface area contributed by atoms with Crippen LogP contribution < -0.4 is 5.32 Å². The van der Waals surface area contributed by atoms with Crippen molar-refractivity contribution in [3.05, 3.63) is 58.0 Å². The van der Waals surface area contributed by atoms with Crippen LogP contribution in [-0.4, -0.2) is 35.6 Å². The number of carbonyl (C=O) groups is 1.